The number of carbonyl (C=O) groups is 3. The third kappa shape index (κ3) is 6.67. The van der Waals surface area contributed by atoms with Gasteiger partial charge < -0.3 is 31.4 Å². The Morgan fingerprint density at radius 2 is 2.00 bits per heavy atom. The van der Waals surface area contributed by atoms with Gasteiger partial charge in [-0.25, -0.2) is 14.1 Å². The molecule has 1 unspecified atom stereocenters. The number of aromatic nitrogens is 3. The second-order valence-electron chi connectivity index (χ2n) is 9.93. The van der Waals surface area contributed by atoms with Crippen LogP contribution in [-0.4, -0.2) is 58.4 Å². The summed E-state index contributed by atoms with van der Waals surface area (Å²) in [6, 6.07) is 15.5. The van der Waals surface area contributed by atoms with E-state index in [1.54, 1.807) is 55.6 Å². The van der Waals surface area contributed by atoms with Crippen LogP contribution >= 0.6 is 0 Å². The minimum Gasteiger partial charge on any atom is -0.489 e. The first kappa shape index (κ1) is 28.9. The summed E-state index contributed by atoms with van der Waals surface area (Å²) >= 11 is 0. The number of carbonyl (C=O) groups excluding carboxylic acids is 3. The number of nitrogens with two attached hydrogens (primary N) is 1. The van der Waals surface area contributed by atoms with E-state index in [1.165, 1.54) is 22.0 Å². The van der Waals surface area contributed by atoms with Crippen molar-refractivity contribution in [3.05, 3.63) is 95.3 Å². The van der Waals surface area contributed by atoms with Crippen LogP contribution < -0.4 is 26.0 Å². The van der Waals surface area contributed by atoms with E-state index in [0.717, 1.165) is 11.8 Å². The minimum absolute atomic E-state index is 0.0910. The van der Waals surface area contributed by atoms with Crippen LogP contribution in [0.1, 0.15) is 33.7 Å². The fourth-order valence-electron chi connectivity index (χ4n) is 4.57. The number of likely N-dealkylation sites (N-methyl/N-ethyl adjacent to an activating group) is 1. The highest BCUT2D eigenvalue weighted by Crippen LogP contribution is 2.32. The third-order valence-electron chi connectivity index (χ3n) is 6.92. The lowest BCUT2D eigenvalue weighted by Crippen LogP contribution is -2.49. The van der Waals surface area contributed by atoms with E-state index in [1.807, 2.05) is 6.07 Å². The maximum atomic E-state index is 14.0. The maximum Gasteiger partial charge on any atom is 0.291 e. The molecule has 5 N–H and O–H groups in total. The van der Waals surface area contributed by atoms with E-state index < -0.39 is 23.7 Å². The summed E-state index contributed by atoms with van der Waals surface area (Å²) < 4.78 is 21.2. The number of hydrogen-bond acceptors (Lipinski definition) is 8. The van der Waals surface area contributed by atoms with Crippen molar-refractivity contribution in [1.82, 2.24) is 20.1 Å². The molecule has 13 heteroatoms. The molecule has 5 rings (SSSR count). The quantitative estimate of drug-likeness (QED) is 0.173. The molecular formula is C30H29FN8O4. The molecule has 1 atom stereocenters. The minimum atomic E-state index is -1.01. The van der Waals surface area contributed by atoms with Crippen molar-refractivity contribution in [2.24, 2.45) is 0 Å². The standard InChI is InChI=1S/C30H29FN8O4/c1-38-25-12-18(7-11-27(40)35-21-9-8-19(14-32)23(33)13-21)6-10-26(25)43-16-24(30(38)42)36-29(41)28-34-17-39(37-28)15-20-4-2-3-5-22(20)31/h2-6,8-10,12-14,17,24,32H,7,11,15-16,33H2,1H3,(H,35,40)(H,36,41). The first-order chi connectivity index (χ1) is 20.7. The van der Waals surface area contributed by atoms with Crippen molar-refractivity contribution in [3.63, 3.8) is 0 Å². The van der Waals surface area contributed by atoms with Gasteiger partial charge in [0.1, 0.15) is 30.5 Å². The van der Waals surface area contributed by atoms with E-state index in [2.05, 4.69) is 20.7 Å². The van der Waals surface area contributed by atoms with Crippen molar-refractivity contribution in [1.29, 1.82) is 5.41 Å². The number of ether oxygens (including phenoxy) is 1. The SMILES string of the molecule is CN1C(=O)C(NC(=O)c2ncn(Cc3ccccc3F)n2)COc2ccc(CCC(=O)Nc3ccc(C=N)c(N)c3)cc21. The highest BCUT2D eigenvalue weighted by molar-refractivity contribution is 6.02. The molecule has 3 aromatic carbocycles. The molecule has 0 radical (unpaired) electrons. The lowest BCUT2D eigenvalue weighted by Gasteiger charge is -2.20. The van der Waals surface area contributed by atoms with Crippen molar-refractivity contribution < 1.29 is 23.5 Å². The topological polar surface area (TPSA) is 168 Å². The molecule has 2 heterocycles. The summed E-state index contributed by atoms with van der Waals surface area (Å²) in [5.41, 5.74) is 9.08. The van der Waals surface area contributed by atoms with Crippen LogP contribution in [0.2, 0.25) is 0 Å². The predicted molar refractivity (Wildman–Crippen MR) is 158 cm³/mol. The zero-order valence-electron chi connectivity index (χ0n) is 23.2. The summed E-state index contributed by atoms with van der Waals surface area (Å²) in [6.07, 6.45) is 3.04. The summed E-state index contributed by atoms with van der Waals surface area (Å²) in [6.45, 7) is -0.0206. The second-order valence-corrected chi connectivity index (χ2v) is 9.93. The number of halogens is 1. The van der Waals surface area contributed by atoms with Crippen LogP contribution in [0.5, 0.6) is 5.75 Å². The van der Waals surface area contributed by atoms with E-state index >= 15 is 0 Å². The Hall–Kier alpha value is -5.59. The number of nitrogens with zero attached hydrogens (tertiary/aromatic N) is 4. The van der Waals surface area contributed by atoms with Gasteiger partial charge in [-0.3, -0.25) is 14.4 Å². The van der Waals surface area contributed by atoms with Gasteiger partial charge in [-0.1, -0.05) is 24.3 Å². The number of nitrogen functional groups attached to an aromatic ring is 1. The number of hydrogen-bond donors (Lipinski definition) is 4. The van der Waals surface area contributed by atoms with E-state index in [0.29, 0.717) is 40.4 Å². The number of aryl methyl sites for hydroxylation is 1. The lowest BCUT2D eigenvalue weighted by molar-refractivity contribution is -0.120. The number of nitrogens with one attached hydrogen (secondary N) is 3. The summed E-state index contributed by atoms with van der Waals surface area (Å²) in [7, 11) is 1.58. The zero-order chi connectivity index (χ0) is 30.5. The predicted octanol–water partition coefficient (Wildman–Crippen LogP) is 2.77. The molecule has 1 aromatic heterocycles. The Bertz CT molecular complexity index is 1710. The number of amides is 3. The van der Waals surface area contributed by atoms with Crippen molar-refractivity contribution >= 4 is 41.0 Å². The molecule has 43 heavy (non-hydrogen) atoms. The molecule has 4 aromatic rings. The molecular weight excluding hydrogens is 555 g/mol. The van der Waals surface area contributed by atoms with Crippen LogP contribution in [0.15, 0.2) is 67.0 Å². The first-order valence-corrected chi connectivity index (χ1v) is 13.4. The Morgan fingerprint density at radius 3 is 2.77 bits per heavy atom. The van der Waals surface area contributed by atoms with Crippen LogP contribution in [0.4, 0.5) is 21.5 Å². The Labute approximate surface area is 246 Å². The average molecular weight is 585 g/mol. The number of benzene rings is 3. The largest absolute Gasteiger partial charge is 0.489 e. The number of anilines is 3. The van der Waals surface area contributed by atoms with Gasteiger partial charge >= 0.3 is 0 Å². The fraction of sp³-hybridized carbons (Fsp3) is 0.200. The smallest absolute Gasteiger partial charge is 0.291 e. The van der Waals surface area contributed by atoms with Crippen molar-refractivity contribution in [3.8, 4) is 5.75 Å². The molecule has 1 aliphatic rings. The molecule has 220 valence electrons. The molecule has 0 saturated heterocycles. The zero-order valence-corrected chi connectivity index (χ0v) is 23.2. The Kier molecular flexibility index (Phi) is 8.41. The van der Waals surface area contributed by atoms with Gasteiger partial charge in [0.25, 0.3) is 11.8 Å². The van der Waals surface area contributed by atoms with E-state index in [-0.39, 0.29) is 31.3 Å². The van der Waals surface area contributed by atoms with Gasteiger partial charge in [-0.15, -0.1) is 5.10 Å². The van der Waals surface area contributed by atoms with Gasteiger partial charge in [0.2, 0.25) is 11.7 Å². The molecule has 3 amide bonds. The van der Waals surface area contributed by atoms with Gasteiger partial charge in [0, 0.05) is 42.2 Å². The summed E-state index contributed by atoms with van der Waals surface area (Å²) in [4.78, 5) is 44.1. The van der Waals surface area contributed by atoms with Crippen LogP contribution in [0.3, 0.4) is 0 Å². The molecule has 0 bridgehead atoms. The normalized spacial score (nSPS) is 14.3. The number of fused-ring (bicyclic) bond motifs is 1. The highest BCUT2D eigenvalue weighted by atomic mass is 19.1. The lowest BCUT2D eigenvalue weighted by atomic mass is 10.1. The van der Waals surface area contributed by atoms with E-state index in [9.17, 15) is 18.8 Å². The summed E-state index contributed by atoms with van der Waals surface area (Å²) in [5.74, 6) is -1.40. The molecule has 0 fully saturated rings. The van der Waals surface area contributed by atoms with Crippen LogP contribution in [0, 0.1) is 11.2 Å². The maximum absolute atomic E-state index is 14.0. The second kappa shape index (κ2) is 12.5. The van der Waals surface area contributed by atoms with Gasteiger partial charge in [0.05, 0.1) is 12.2 Å². The highest BCUT2D eigenvalue weighted by Gasteiger charge is 2.31. The van der Waals surface area contributed by atoms with Crippen LogP contribution in [0.25, 0.3) is 0 Å². The van der Waals surface area contributed by atoms with Gasteiger partial charge in [-0.2, -0.15) is 0 Å². The fourth-order valence-corrected chi connectivity index (χ4v) is 4.57. The summed E-state index contributed by atoms with van der Waals surface area (Å²) in [5, 5.41) is 16.9. The Balaban J connectivity index is 1.19. The van der Waals surface area contributed by atoms with Gasteiger partial charge in [0.15, 0.2) is 0 Å². The first-order valence-electron chi connectivity index (χ1n) is 13.4. The molecule has 12 nitrogen and oxygen atoms in total. The van der Waals surface area contributed by atoms with Crippen molar-refractivity contribution in [2.75, 3.05) is 29.6 Å². The third-order valence-corrected chi connectivity index (χ3v) is 6.92. The molecule has 1 aliphatic heterocycles. The van der Waals surface area contributed by atoms with Gasteiger partial charge in [-0.05, 0) is 48.4 Å². The monoisotopic (exact) mass is 584 g/mol. The molecule has 0 aliphatic carbocycles. The molecule has 0 saturated carbocycles. The van der Waals surface area contributed by atoms with E-state index in [4.69, 9.17) is 15.9 Å². The van der Waals surface area contributed by atoms with Crippen LogP contribution in [-0.2, 0) is 22.6 Å². The molecule has 0 spiro atoms. The average Bonchev–Trinajstić information content (AvgIpc) is 3.43. The van der Waals surface area contributed by atoms with Crippen molar-refractivity contribution in [2.45, 2.75) is 25.4 Å². The Morgan fingerprint density at radius 1 is 1.19 bits per heavy atom. The number of rotatable bonds is 9.